The molecule has 0 radical (unpaired) electrons. The predicted molar refractivity (Wildman–Crippen MR) is 68.7 cm³/mol. The van der Waals surface area contributed by atoms with Crippen molar-refractivity contribution < 1.29 is 28.7 Å². The van der Waals surface area contributed by atoms with E-state index in [0.717, 1.165) is 0 Å². The third-order valence-corrected chi connectivity index (χ3v) is 2.21. The van der Waals surface area contributed by atoms with Crippen LogP contribution in [0.1, 0.15) is 37.0 Å². The quantitative estimate of drug-likeness (QED) is 0.447. The van der Waals surface area contributed by atoms with Crippen molar-refractivity contribution in [2.75, 3.05) is 0 Å². The van der Waals surface area contributed by atoms with Crippen LogP contribution in [0.25, 0.3) is 0 Å². The molecule has 1 aromatic rings. The van der Waals surface area contributed by atoms with E-state index in [-0.39, 0.29) is 35.7 Å². The van der Waals surface area contributed by atoms with E-state index in [0.29, 0.717) is 6.29 Å². The van der Waals surface area contributed by atoms with Crippen molar-refractivity contribution in [2.45, 2.75) is 26.7 Å². The van der Waals surface area contributed by atoms with Crippen LogP contribution in [0.15, 0.2) is 18.2 Å². The molecule has 0 aliphatic rings. The second-order valence-electron chi connectivity index (χ2n) is 4.13. The van der Waals surface area contributed by atoms with Crippen LogP contribution in [0.5, 0.6) is 11.5 Å². The highest BCUT2D eigenvalue weighted by Crippen LogP contribution is 2.23. The molecule has 0 bridgehead atoms. The van der Waals surface area contributed by atoms with Gasteiger partial charge in [-0.2, -0.15) is 0 Å². The third-order valence-electron chi connectivity index (χ3n) is 2.21. The maximum Gasteiger partial charge on any atom is 0.311 e. The second-order valence-corrected chi connectivity index (χ2v) is 4.13. The first-order valence-corrected chi connectivity index (χ1v) is 5.89. The van der Waals surface area contributed by atoms with E-state index < -0.39 is 11.9 Å². The Morgan fingerprint density at radius 2 is 1.60 bits per heavy atom. The van der Waals surface area contributed by atoms with Crippen LogP contribution in [-0.4, -0.2) is 24.0 Å². The summed E-state index contributed by atoms with van der Waals surface area (Å²) >= 11 is 0. The third kappa shape index (κ3) is 5.43. The lowest BCUT2D eigenvalue weighted by molar-refractivity contribution is -0.135. The molecule has 0 amide bonds. The molecule has 0 heterocycles. The highest BCUT2D eigenvalue weighted by atomic mass is 16.5. The van der Waals surface area contributed by atoms with Crippen LogP contribution in [0.4, 0.5) is 0 Å². The maximum atomic E-state index is 11.5. The minimum Gasteiger partial charge on any atom is -0.427 e. The summed E-state index contributed by atoms with van der Waals surface area (Å²) in [6.07, 6.45) is 0.576. The van der Waals surface area contributed by atoms with Crippen LogP contribution in [0.3, 0.4) is 0 Å². The number of rotatable bonds is 6. The van der Waals surface area contributed by atoms with E-state index in [2.05, 4.69) is 0 Å². The zero-order chi connectivity index (χ0) is 15.1. The summed E-state index contributed by atoms with van der Waals surface area (Å²) in [5.74, 6) is -1.08. The predicted octanol–water partition coefficient (Wildman–Crippen LogP) is 1.70. The molecular weight excluding hydrogens is 264 g/mol. The largest absolute Gasteiger partial charge is 0.427 e. The van der Waals surface area contributed by atoms with Gasteiger partial charge in [0.1, 0.15) is 23.6 Å². The molecule has 0 aliphatic carbocycles. The number of aldehydes is 1. The van der Waals surface area contributed by atoms with Gasteiger partial charge in [0.25, 0.3) is 0 Å². The number of Topliss-reactive ketones (excluding diaryl/α,β-unsaturated/α-hetero) is 1. The molecule has 0 aliphatic heterocycles. The van der Waals surface area contributed by atoms with Crippen LogP contribution in [0.2, 0.25) is 0 Å². The number of ether oxygens (including phenoxy) is 2. The average molecular weight is 278 g/mol. The Morgan fingerprint density at radius 1 is 1.00 bits per heavy atom. The maximum absolute atomic E-state index is 11.5. The molecule has 20 heavy (non-hydrogen) atoms. The molecule has 0 spiro atoms. The lowest BCUT2D eigenvalue weighted by Gasteiger charge is -2.07. The summed E-state index contributed by atoms with van der Waals surface area (Å²) in [6.45, 7) is 2.59. The van der Waals surface area contributed by atoms with Crippen molar-refractivity contribution in [1.82, 2.24) is 0 Å². The molecule has 0 atom stereocenters. The molecule has 1 aromatic carbocycles. The zero-order valence-corrected chi connectivity index (χ0v) is 11.2. The molecule has 0 unspecified atom stereocenters. The first-order valence-electron chi connectivity index (χ1n) is 5.89. The van der Waals surface area contributed by atoms with E-state index in [4.69, 9.17) is 9.47 Å². The summed E-state index contributed by atoms with van der Waals surface area (Å²) in [5, 5.41) is 0. The van der Waals surface area contributed by atoms with Crippen molar-refractivity contribution in [1.29, 1.82) is 0 Å². The SMILES string of the molecule is CC(=O)CCC(=O)Oc1cc(C=O)cc(OC(C)=O)c1. The van der Waals surface area contributed by atoms with Gasteiger partial charge in [0.05, 0.1) is 6.42 Å². The van der Waals surface area contributed by atoms with Gasteiger partial charge in [-0.25, -0.2) is 0 Å². The molecule has 106 valence electrons. The summed E-state index contributed by atoms with van der Waals surface area (Å²) in [5.41, 5.74) is 0.207. The zero-order valence-electron chi connectivity index (χ0n) is 11.2. The number of carbonyl (C=O) groups is 4. The van der Waals surface area contributed by atoms with Crippen molar-refractivity contribution >= 4 is 24.0 Å². The highest BCUT2D eigenvalue weighted by Gasteiger charge is 2.10. The Bertz CT molecular complexity index is 547. The lowest BCUT2D eigenvalue weighted by Crippen LogP contribution is -2.10. The van der Waals surface area contributed by atoms with Gasteiger partial charge >= 0.3 is 11.9 Å². The molecule has 0 saturated heterocycles. The van der Waals surface area contributed by atoms with Gasteiger partial charge in [0.15, 0.2) is 0 Å². The molecule has 6 heteroatoms. The summed E-state index contributed by atoms with van der Waals surface area (Å²) < 4.78 is 9.82. The molecule has 6 nitrogen and oxygen atoms in total. The van der Waals surface area contributed by atoms with E-state index in [1.54, 1.807) is 0 Å². The van der Waals surface area contributed by atoms with Gasteiger partial charge in [0, 0.05) is 25.0 Å². The molecule has 0 fully saturated rings. The van der Waals surface area contributed by atoms with Crippen molar-refractivity contribution in [3.63, 3.8) is 0 Å². The second kappa shape index (κ2) is 7.18. The van der Waals surface area contributed by atoms with Crippen LogP contribution in [-0.2, 0) is 14.4 Å². The molecule has 0 N–H and O–H groups in total. The van der Waals surface area contributed by atoms with Crippen molar-refractivity contribution in [3.8, 4) is 11.5 Å². The average Bonchev–Trinajstić information content (AvgIpc) is 2.35. The number of carbonyl (C=O) groups excluding carboxylic acids is 4. The monoisotopic (exact) mass is 278 g/mol. The van der Waals surface area contributed by atoms with E-state index in [1.165, 1.54) is 32.0 Å². The minimum absolute atomic E-state index is 0.0520. The first-order chi connectivity index (χ1) is 9.40. The van der Waals surface area contributed by atoms with Crippen LogP contribution in [0, 0.1) is 0 Å². The Balaban J connectivity index is 2.82. The number of hydrogen-bond donors (Lipinski definition) is 0. The Morgan fingerprint density at radius 3 is 2.10 bits per heavy atom. The summed E-state index contributed by atoms with van der Waals surface area (Å²) in [7, 11) is 0. The first kappa shape index (κ1) is 15.6. The summed E-state index contributed by atoms with van der Waals surface area (Å²) in [4.78, 5) is 43.9. The van der Waals surface area contributed by atoms with Crippen LogP contribution >= 0.6 is 0 Å². The lowest BCUT2D eigenvalue weighted by atomic mass is 10.2. The number of esters is 2. The molecule has 0 aromatic heterocycles. The molecule has 1 rings (SSSR count). The fourth-order valence-corrected chi connectivity index (χ4v) is 1.41. The van der Waals surface area contributed by atoms with Crippen molar-refractivity contribution in [2.24, 2.45) is 0 Å². The minimum atomic E-state index is -0.600. The fraction of sp³-hybridized carbons (Fsp3) is 0.286. The van der Waals surface area contributed by atoms with Gasteiger partial charge in [-0.15, -0.1) is 0 Å². The van der Waals surface area contributed by atoms with Gasteiger partial charge < -0.3 is 14.3 Å². The Kier molecular flexibility index (Phi) is 5.58. The topological polar surface area (TPSA) is 86.7 Å². The van der Waals surface area contributed by atoms with Gasteiger partial charge in [0.2, 0.25) is 0 Å². The Labute approximate surface area is 115 Å². The molecule has 0 saturated carbocycles. The van der Waals surface area contributed by atoms with E-state index in [1.807, 2.05) is 0 Å². The smallest absolute Gasteiger partial charge is 0.311 e. The summed E-state index contributed by atoms with van der Waals surface area (Å²) in [6, 6.07) is 4.01. The van der Waals surface area contributed by atoms with E-state index in [9.17, 15) is 19.2 Å². The normalized spacial score (nSPS) is 9.70. The van der Waals surface area contributed by atoms with Crippen LogP contribution < -0.4 is 9.47 Å². The number of benzene rings is 1. The van der Waals surface area contributed by atoms with Crippen molar-refractivity contribution in [3.05, 3.63) is 23.8 Å². The number of hydrogen-bond acceptors (Lipinski definition) is 6. The standard InChI is InChI=1S/C14H14O6/c1-9(16)3-4-14(18)20-13-6-11(8-15)5-12(7-13)19-10(2)17/h5-8H,3-4H2,1-2H3. The van der Waals surface area contributed by atoms with E-state index >= 15 is 0 Å². The van der Waals surface area contributed by atoms with Gasteiger partial charge in [-0.1, -0.05) is 0 Å². The molecular formula is C14H14O6. The van der Waals surface area contributed by atoms with Gasteiger partial charge in [-0.05, 0) is 19.1 Å². The fourth-order valence-electron chi connectivity index (χ4n) is 1.41. The number of ketones is 1. The Hall–Kier alpha value is -2.50. The van der Waals surface area contributed by atoms with Gasteiger partial charge in [-0.3, -0.25) is 14.4 Å². The highest BCUT2D eigenvalue weighted by molar-refractivity contribution is 5.82.